The smallest absolute Gasteiger partial charge is 0.115 e. The molecule has 0 aromatic heterocycles. The fourth-order valence-corrected chi connectivity index (χ4v) is 2.67. The summed E-state index contributed by atoms with van der Waals surface area (Å²) in [5, 5.41) is 15.9. The average Bonchev–Trinajstić information content (AvgIpc) is 2.58. The molecule has 0 unspecified atom stereocenters. The van der Waals surface area contributed by atoms with Crippen molar-refractivity contribution in [1.82, 2.24) is 9.91 Å². The van der Waals surface area contributed by atoms with E-state index >= 15 is 0 Å². The normalized spacial score (nSPS) is 16.1. The molecule has 0 atom stereocenters. The minimum absolute atomic E-state index is 0.284. The Kier molecular flexibility index (Phi) is 4.93. The summed E-state index contributed by atoms with van der Waals surface area (Å²) < 4.78 is 0. The van der Waals surface area contributed by atoms with Crippen LogP contribution in [0.5, 0.6) is 5.75 Å². The average molecular weight is 309 g/mol. The van der Waals surface area contributed by atoms with Crippen LogP contribution in [0.2, 0.25) is 0 Å². The second-order valence-electron chi connectivity index (χ2n) is 6.05. The topological polar surface area (TPSA) is 39.1 Å². The standard InChI is InChI=1S/C19H23N3O/c1-16-2-4-18(5-3-16)15-21-10-12-22(13-11-21)20-14-17-6-8-19(23)9-7-17/h2-9,14,23H,10-13,15H2,1H3/b20-14+. The van der Waals surface area contributed by atoms with Gasteiger partial charge in [-0.3, -0.25) is 9.91 Å². The van der Waals surface area contributed by atoms with Gasteiger partial charge in [0.15, 0.2) is 0 Å². The van der Waals surface area contributed by atoms with Gasteiger partial charge in [0.2, 0.25) is 0 Å². The summed E-state index contributed by atoms with van der Waals surface area (Å²) in [6.07, 6.45) is 1.86. The highest BCUT2D eigenvalue weighted by atomic mass is 16.3. The highest BCUT2D eigenvalue weighted by Gasteiger charge is 2.15. The minimum Gasteiger partial charge on any atom is -0.508 e. The molecule has 0 spiro atoms. The van der Waals surface area contributed by atoms with E-state index in [1.165, 1.54) is 11.1 Å². The third-order valence-corrected chi connectivity index (χ3v) is 4.14. The SMILES string of the molecule is Cc1ccc(CN2CCN(/N=C/c3ccc(O)cc3)CC2)cc1. The molecule has 2 aromatic carbocycles. The summed E-state index contributed by atoms with van der Waals surface area (Å²) in [6.45, 7) is 7.08. The highest BCUT2D eigenvalue weighted by Crippen LogP contribution is 2.11. The molecule has 1 fully saturated rings. The Hall–Kier alpha value is -2.33. The lowest BCUT2D eigenvalue weighted by Gasteiger charge is -2.33. The first kappa shape index (κ1) is 15.6. The molecule has 1 heterocycles. The number of phenols is 1. The van der Waals surface area contributed by atoms with Crippen molar-refractivity contribution < 1.29 is 5.11 Å². The number of aryl methyl sites for hydroxylation is 1. The number of phenolic OH excluding ortho intramolecular Hbond substituents is 1. The van der Waals surface area contributed by atoms with Crippen LogP contribution in [-0.4, -0.2) is 47.4 Å². The first-order valence-corrected chi connectivity index (χ1v) is 8.05. The van der Waals surface area contributed by atoms with E-state index in [1.54, 1.807) is 12.1 Å². The van der Waals surface area contributed by atoms with Crippen LogP contribution >= 0.6 is 0 Å². The number of nitrogens with zero attached hydrogens (tertiary/aromatic N) is 3. The third-order valence-electron chi connectivity index (χ3n) is 4.14. The van der Waals surface area contributed by atoms with Gasteiger partial charge >= 0.3 is 0 Å². The fraction of sp³-hybridized carbons (Fsp3) is 0.316. The van der Waals surface area contributed by atoms with Gasteiger partial charge in [0, 0.05) is 32.7 Å². The molecule has 1 aliphatic heterocycles. The second-order valence-corrected chi connectivity index (χ2v) is 6.05. The zero-order valence-electron chi connectivity index (χ0n) is 13.5. The second kappa shape index (κ2) is 7.29. The lowest BCUT2D eigenvalue weighted by molar-refractivity contribution is 0.131. The first-order valence-electron chi connectivity index (χ1n) is 8.05. The van der Waals surface area contributed by atoms with Gasteiger partial charge in [0.1, 0.15) is 5.75 Å². The van der Waals surface area contributed by atoms with Crippen LogP contribution in [0, 0.1) is 6.92 Å². The van der Waals surface area contributed by atoms with Crippen LogP contribution in [0.25, 0.3) is 0 Å². The predicted molar refractivity (Wildman–Crippen MR) is 93.7 cm³/mol. The van der Waals surface area contributed by atoms with E-state index in [1.807, 2.05) is 18.3 Å². The van der Waals surface area contributed by atoms with E-state index in [0.717, 1.165) is 38.3 Å². The number of hydrogen-bond acceptors (Lipinski definition) is 4. The highest BCUT2D eigenvalue weighted by molar-refractivity contribution is 5.79. The van der Waals surface area contributed by atoms with Crippen molar-refractivity contribution in [3.05, 3.63) is 65.2 Å². The van der Waals surface area contributed by atoms with Crippen LogP contribution in [-0.2, 0) is 6.54 Å². The maximum atomic E-state index is 9.28. The van der Waals surface area contributed by atoms with Gasteiger partial charge < -0.3 is 5.11 Å². The Morgan fingerprint density at radius 2 is 1.61 bits per heavy atom. The van der Waals surface area contributed by atoms with Gasteiger partial charge in [-0.2, -0.15) is 5.10 Å². The summed E-state index contributed by atoms with van der Waals surface area (Å²) >= 11 is 0. The predicted octanol–water partition coefficient (Wildman–Crippen LogP) is 2.85. The Labute approximate surface area is 137 Å². The zero-order chi connectivity index (χ0) is 16.1. The van der Waals surface area contributed by atoms with Gasteiger partial charge in [-0.1, -0.05) is 29.8 Å². The van der Waals surface area contributed by atoms with Crippen LogP contribution in [0.4, 0.5) is 0 Å². The molecule has 0 aliphatic carbocycles. The molecule has 0 amide bonds. The number of hydrazone groups is 1. The lowest BCUT2D eigenvalue weighted by Crippen LogP contribution is -2.43. The Morgan fingerprint density at radius 3 is 2.26 bits per heavy atom. The maximum absolute atomic E-state index is 9.28. The molecule has 3 rings (SSSR count). The van der Waals surface area contributed by atoms with Crippen molar-refractivity contribution >= 4 is 6.21 Å². The van der Waals surface area contributed by atoms with Crippen molar-refractivity contribution in [2.45, 2.75) is 13.5 Å². The molecule has 120 valence electrons. The van der Waals surface area contributed by atoms with Gasteiger partial charge in [0.05, 0.1) is 6.21 Å². The lowest BCUT2D eigenvalue weighted by atomic mass is 10.1. The summed E-state index contributed by atoms with van der Waals surface area (Å²) in [4.78, 5) is 2.47. The van der Waals surface area contributed by atoms with Crippen LogP contribution in [0.3, 0.4) is 0 Å². The maximum Gasteiger partial charge on any atom is 0.115 e. The zero-order valence-corrected chi connectivity index (χ0v) is 13.5. The number of aromatic hydroxyl groups is 1. The monoisotopic (exact) mass is 309 g/mol. The summed E-state index contributed by atoms with van der Waals surface area (Å²) in [5.74, 6) is 0.284. The minimum atomic E-state index is 0.284. The van der Waals surface area contributed by atoms with Gasteiger partial charge in [0.25, 0.3) is 0 Å². The fourth-order valence-electron chi connectivity index (χ4n) is 2.67. The number of rotatable bonds is 4. The van der Waals surface area contributed by atoms with E-state index in [9.17, 15) is 5.11 Å². The van der Waals surface area contributed by atoms with Crippen molar-refractivity contribution in [2.24, 2.45) is 5.10 Å². The Balaban J connectivity index is 1.48. The quantitative estimate of drug-likeness (QED) is 0.883. The summed E-state index contributed by atoms with van der Waals surface area (Å²) in [7, 11) is 0. The van der Waals surface area contributed by atoms with Crippen LogP contribution in [0.15, 0.2) is 53.6 Å². The molecule has 0 bridgehead atoms. The Morgan fingerprint density at radius 1 is 0.957 bits per heavy atom. The number of benzene rings is 2. The largest absolute Gasteiger partial charge is 0.508 e. The van der Waals surface area contributed by atoms with Gasteiger partial charge in [-0.15, -0.1) is 0 Å². The van der Waals surface area contributed by atoms with E-state index in [2.05, 4.69) is 46.2 Å². The molecular weight excluding hydrogens is 286 g/mol. The molecule has 2 aromatic rings. The number of hydrogen-bond donors (Lipinski definition) is 1. The molecule has 0 saturated carbocycles. The summed E-state index contributed by atoms with van der Waals surface area (Å²) in [5.41, 5.74) is 3.68. The first-order chi connectivity index (χ1) is 11.2. The molecular formula is C19H23N3O. The van der Waals surface area contributed by atoms with Crippen molar-refractivity contribution in [2.75, 3.05) is 26.2 Å². The van der Waals surface area contributed by atoms with Gasteiger partial charge in [-0.05, 0) is 42.3 Å². The molecule has 1 saturated heterocycles. The van der Waals surface area contributed by atoms with E-state index in [4.69, 9.17) is 0 Å². The van der Waals surface area contributed by atoms with Gasteiger partial charge in [-0.25, -0.2) is 0 Å². The molecule has 23 heavy (non-hydrogen) atoms. The molecule has 4 nitrogen and oxygen atoms in total. The third kappa shape index (κ3) is 4.57. The van der Waals surface area contributed by atoms with Crippen molar-refractivity contribution in [3.63, 3.8) is 0 Å². The molecule has 1 aliphatic rings. The molecule has 0 radical (unpaired) electrons. The summed E-state index contributed by atoms with van der Waals surface area (Å²) in [6, 6.07) is 15.9. The number of piperazine rings is 1. The van der Waals surface area contributed by atoms with E-state index in [0.29, 0.717) is 0 Å². The van der Waals surface area contributed by atoms with Crippen molar-refractivity contribution in [1.29, 1.82) is 0 Å². The van der Waals surface area contributed by atoms with Crippen molar-refractivity contribution in [3.8, 4) is 5.75 Å². The van der Waals surface area contributed by atoms with E-state index < -0.39 is 0 Å². The Bertz CT molecular complexity index is 641. The van der Waals surface area contributed by atoms with E-state index in [-0.39, 0.29) is 5.75 Å². The van der Waals surface area contributed by atoms with Crippen LogP contribution in [0.1, 0.15) is 16.7 Å². The molecule has 4 heteroatoms. The molecule has 1 N–H and O–H groups in total. The van der Waals surface area contributed by atoms with Crippen LogP contribution < -0.4 is 0 Å².